The molecule has 0 spiro atoms. The molecular weight excluding hydrogens is 498 g/mol. The van der Waals surface area contributed by atoms with Crippen LogP contribution in [0.5, 0.6) is 0 Å². The zero-order valence-electron chi connectivity index (χ0n) is 25.2. The monoisotopic (exact) mass is 547 g/mol. The van der Waals surface area contributed by atoms with Gasteiger partial charge in [0, 0.05) is 11.2 Å². The van der Waals surface area contributed by atoms with E-state index in [9.17, 15) is 9.90 Å². The van der Waals surface area contributed by atoms with Gasteiger partial charge in [-0.15, -0.1) is 11.8 Å². The third-order valence-corrected chi connectivity index (χ3v) is 15.6. The number of carboxylic acids is 1. The van der Waals surface area contributed by atoms with Gasteiger partial charge in [-0.05, 0) is 128 Å². The minimum Gasteiger partial charge on any atom is -0.481 e. The molecule has 0 amide bonds. The molecule has 2 heterocycles. The molecule has 4 heteroatoms. The van der Waals surface area contributed by atoms with E-state index in [0.29, 0.717) is 23.7 Å². The number of nitrogens with zero attached hydrogens (tertiary/aromatic N) is 1. The Bertz CT molecular complexity index is 1270. The summed E-state index contributed by atoms with van der Waals surface area (Å²) in [7, 11) is 0. The van der Waals surface area contributed by atoms with Crippen molar-refractivity contribution in [3.8, 4) is 0 Å². The van der Waals surface area contributed by atoms with Crippen molar-refractivity contribution in [3.63, 3.8) is 0 Å². The van der Waals surface area contributed by atoms with Gasteiger partial charge >= 0.3 is 5.97 Å². The molecule has 3 nitrogen and oxygen atoms in total. The summed E-state index contributed by atoms with van der Waals surface area (Å²) in [6.07, 6.45) is 11.1. The number of aryl methyl sites for hydroxylation is 1. The van der Waals surface area contributed by atoms with Gasteiger partial charge < -0.3 is 5.11 Å². The minimum absolute atomic E-state index is 0.0844. The van der Waals surface area contributed by atoms with Crippen LogP contribution in [0.15, 0.2) is 23.2 Å². The lowest BCUT2D eigenvalue weighted by molar-refractivity contribution is -0.228. The van der Waals surface area contributed by atoms with Crippen LogP contribution in [0.1, 0.15) is 110 Å². The maximum atomic E-state index is 12.9. The maximum absolute atomic E-state index is 12.9. The van der Waals surface area contributed by atoms with Crippen molar-refractivity contribution in [2.75, 3.05) is 5.75 Å². The highest BCUT2D eigenvalue weighted by molar-refractivity contribution is 7.99. The highest BCUT2D eigenvalue weighted by Crippen LogP contribution is 2.77. The van der Waals surface area contributed by atoms with E-state index in [1.807, 2.05) is 11.8 Å². The third-order valence-electron chi connectivity index (χ3n) is 14.6. The Labute approximate surface area is 240 Å². The van der Waals surface area contributed by atoms with Crippen LogP contribution in [-0.2, 0) is 23.1 Å². The Kier molecular flexibility index (Phi) is 5.57. The summed E-state index contributed by atoms with van der Waals surface area (Å²) in [4.78, 5) is 18.3. The van der Waals surface area contributed by atoms with Crippen LogP contribution in [0.25, 0.3) is 0 Å². The van der Waals surface area contributed by atoms with Gasteiger partial charge in [-0.2, -0.15) is 0 Å². The lowest BCUT2D eigenvalue weighted by Gasteiger charge is -2.72. The summed E-state index contributed by atoms with van der Waals surface area (Å²) in [5.41, 5.74) is 5.85. The lowest BCUT2D eigenvalue weighted by atomic mass is 9.32. The van der Waals surface area contributed by atoms with Crippen molar-refractivity contribution < 1.29 is 9.90 Å². The van der Waals surface area contributed by atoms with Crippen molar-refractivity contribution in [3.05, 3.63) is 35.0 Å². The van der Waals surface area contributed by atoms with E-state index < -0.39 is 11.4 Å². The van der Waals surface area contributed by atoms with Gasteiger partial charge in [-0.25, -0.2) is 4.98 Å². The number of carbonyl (C=O) groups is 1. The molecule has 6 aliphatic rings. The average Bonchev–Trinajstić information content (AvgIpc) is 3.48. The van der Waals surface area contributed by atoms with Crippen molar-refractivity contribution in [2.45, 2.75) is 116 Å². The van der Waals surface area contributed by atoms with Crippen LogP contribution in [-0.4, -0.2) is 21.8 Å². The van der Waals surface area contributed by atoms with Crippen LogP contribution < -0.4 is 0 Å². The number of carboxylic acid groups (broad SMARTS) is 1. The van der Waals surface area contributed by atoms with E-state index in [4.69, 9.17) is 4.98 Å². The topological polar surface area (TPSA) is 50.2 Å². The van der Waals surface area contributed by atoms with Crippen molar-refractivity contribution in [1.82, 2.24) is 4.98 Å². The number of aromatic nitrogens is 1. The zero-order valence-corrected chi connectivity index (χ0v) is 26.0. The highest BCUT2D eigenvalue weighted by atomic mass is 32.2. The van der Waals surface area contributed by atoms with Crippen molar-refractivity contribution in [1.29, 1.82) is 0 Å². The molecule has 0 saturated heterocycles. The lowest BCUT2D eigenvalue weighted by Crippen LogP contribution is -2.67. The van der Waals surface area contributed by atoms with Gasteiger partial charge in [0.05, 0.1) is 16.1 Å². The maximum Gasteiger partial charge on any atom is 0.309 e. The van der Waals surface area contributed by atoms with Crippen LogP contribution in [0.3, 0.4) is 0 Å². The van der Waals surface area contributed by atoms with Gasteiger partial charge in [-0.3, -0.25) is 4.79 Å². The second kappa shape index (κ2) is 8.17. The van der Waals surface area contributed by atoms with E-state index in [0.717, 1.165) is 25.7 Å². The molecule has 4 fully saturated rings. The van der Waals surface area contributed by atoms with Crippen molar-refractivity contribution in [2.24, 2.45) is 51.2 Å². The molecule has 1 aromatic rings. The van der Waals surface area contributed by atoms with E-state index in [1.54, 1.807) is 0 Å². The van der Waals surface area contributed by atoms with Crippen LogP contribution in [0.2, 0.25) is 0 Å². The summed E-state index contributed by atoms with van der Waals surface area (Å²) in [5, 5.41) is 11.9. The zero-order chi connectivity index (χ0) is 27.8. The normalized spacial score (nSPS) is 47.2. The SMILES string of the molecule is C=C(C)[C@@H]1CC[C@]2(C(=O)O)CC[C@]3(C)[C@H](CC[C@@H]4[C@@]5(C)Cc6cc7c(nc6C(C)(C)[C@@H]5CC[C@]43C)SCC7)[C@@H]12. The van der Waals surface area contributed by atoms with Gasteiger partial charge in [0.15, 0.2) is 0 Å². The summed E-state index contributed by atoms with van der Waals surface area (Å²) in [6, 6.07) is 2.55. The first-order valence-electron chi connectivity index (χ1n) is 15.8. The molecule has 1 aliphatic heterocycles. The van der Waals surface area contributed by atoms with Crippen LogP contribution in [0, 0.1) is 51.2 Å². The smallest absolute Gasteiger partial charge is 0.309 e. The number of allylic oxidation sites excluding steroid dienone is 1. The van der Waals surface area contributed by atoms with Crippen LogP contribution >= 0.6 is 11.8 Å². The Morgan fingerprint density at radius 3 is 2.46 bits per heavy atom. The molecule has 212 valence electrons. The number of fused-ring (bicyclic) bond motifs is 9. The first-order valence-corrected chi connectivity index (χ1v) is 16.8. The Balaban J connectivity index is 1.31. The van der Waals surface area contributed by atoms with Gasteiger partial charge in [0.1, 0.15) is 0 Å². The molecule has 0 aromatic carbocycles. The van der Waals surface area contributed by atoms with E-state index >= 15 is 0 Å². The first-order chi connectivity index (χ1) is 18.3. The highest BCUT2D eigenvalue weighted by Gasteiger charge is 2.72. The fraction of sp³-hybridized carbons (Fsp3) is 0.771. The number of thioether (sulfide) groups is 1. The average molecular weight is 548 g/mol. The van der Waals surface area contributed by atoms with Crippen molar-refractivity contribution >= 4 is 17.7 Å². The minimum atomic E-state index is -0.534. The first kappa shape index (κ1) is 26.6. The Hall–Kier alpha value is -1.29. The largest absolute Gasteiger partial charge is 0.481 e. The Morgan fingerprint density at radius 2 is 1.74 bits per heavy atom. The van der Waals surface area contributed by atoms with Crippen LogP contribution in [0.4, 0.5) is 0 Å². The molecule has 4 saturated carbocycles. The molecule has 0 bridgehead atoms. The number of aliphatic carboxylic acids is 1. The van der Waals surface area contributed by atoms with E-state index in [-0.39, 0.29) is 27.6 Å². The molecule has 9 atom stereocenters. The van der Waals surface area contributed by atoms with Gasteiger partial charge in [0.2, 0.25) is 0 Å². The van der Waals surface area contributed by atoms with Gasteiger partial charge in [0.25, 0.3) is 0 Å². The standard InChI is InChI=1S/C35H49NO2S/c1-20(2)23-10-14-35(30(37)38)16-15-33(6)24(27(23)35)8-9-26-32(5)19-22-18-21-12-17-39-29(21)36-28(22)31(3,4)25(32)11-13-34(26,33)7/h18,23-27H,1,8-17,19H2,2-7H3,(H,37,38)/t23-,24+,25-,26+,27+,32-,33+,34+,35-/m0/s1. The third kappa shape index (κ3) is 3.14. The molecular formula is C35H49NO2S. The molecule has 0 radical (unpaired) electrons. The molecule has 1 aromatic heterocycles. The van der Waals surface area contributed by atoms with Gasteiger partial charge in [-0.1, -0.05) is 52.8 Å². The molecule has 39 heavy (non-hydrogen) atoms. The predicted octanol–water partition coefficient (Wildman–Crippen LogP) is 8.49. The molecule has 0 unspecified atom stereocenters. The summed E-state index contributed by atoms with van der Waals surface area (Å²) in [6.45, 7) is 19.5. The van der Waals surface area contributed by atoms with E-state index in [1.165, 1.54) is 71.7 Å². The summed E-state index contributed by atoms with van der Waals surface area (Å²) >= 11 is 1.95. The second-order valence-electron chi connectivity index (χ2n) is 16.1. The molecule has 1 N–H and O–H groups in total. The second-order valence-corrected chi connectivity index (χ2v) is 17.2. The Morgan fingerprint density at radius 1 is 0.974 bits per heavy atom. The predicted molar refractivity (Wildman–Crippen MR) is 159 cm³/mol. The summed E-state index contributed by atoms with van der Waals surface area (Å²) < 4.78 is 0. The number of rotatable bonds is 2. The summed E-state index contributed by atoms with van der Waals surface area (Å²) in [5.74, 6) is 3.07. The number of hydrogen-bond acceptors (Lipinski definition) is 3. The fourth-order valence-corrected chi connectivity index (χ4v) is 13.7. The fourth-order valence-electron chi connectivity index (χ4n) is 12.7. The quantitative estimate of drug-likeness (QED) is 0.377. The molecule has 5 aliphatic carbocycles. The number of pyridine rings is 1. The van der Waals surface area contributed by atoms with E-state index in [2.05, 4.69) is 54.2 Å². The number of hydrogen-bond donors (Lipinski definition) is 1. The molecule has 7 rings (SSSR count).